The van der Waals surface area contributed by atoms with Gasteiger partial charge in [-0.1, -0.05) is 6.07 Å². The van der Waals surface area contributed by atoms with Gasteiger partial charge < -0.3 is 34.9 Å². The molecule has 1 aromatic carbocycles. The van der Waals surface area contributed by atoms with Crippen LogP contribution in [0.2, 0.25) is 0 Å². The molecule has 6 N–H and O–H groups in total. The van der Waals surface area contributed by atoms with E-state index in [2.05, 4.69) is 0 Å². The SMILES string of the molecule is CCOC(=O)/C(=C\c1ccc(N(CCCl)CCCl)cc1C)C(N)(P(=O)(O)O)P(=O)(O)O. The van der Waals surface area contributed by atoms with Gasteiger partial charge in [0.05, 0.1) is 12.2 Å². The molecule has 0 amide bonds. The minimum atomic E-state index is -5.73. The summed E-state index contributed by atoms with van der Waals surface area (Å²) in [6.45, 7) is 3.88. The largest absolute Gasteiger partial charge is 0.463 e. The van der Waals surface area contributed by atoms with Crippen molar-refractivity contribution in [2.45, 2.75) is 18.9 Å². The number of aryl methyl sites for hydroxylation is 1. The molecular weight excluding hydrogens is 493 g/mol. The van der Waals surface area contributed by atoms with Crippen LogP contribution in [0.5, 0.6) is 0 Å². The number of carbonyl (C=O) groups is 1. The topological polar surface area (TPSA) is 171 Å². The van der Waals surface area contributed by atoms with Gasteiger partial charge in [0.15, 0.2) is 0 Å². The molecule has 0 saturated heterocycles. The molecule has 0 aliphatic heterocycles. The van der Waals surface area contributed by atoms with E-state index in [9.17, 15) is 33.5 Å². The molecule has 0 aliphatic rings. The number of anilines is 1. The number of nitrogens with zero attached hydrogens (tertiary/aromatic N) is 1. The average molecular weight is 519 g/mol. The molecule has 14 heteroatoms. The van der Waals surface area contributed by atoms with Gasteiger partial charge in [-0.3, -0.25) is 9.13 Å². The number of hydrogen-bond donors (Lipinski definition) is 5. The second-order valence-electron chi connectivity index (χ2n) is 6.50. The highest BCUT2D eigenvalue weighted by Crippen LogP contribution is 2.69. The summed E-state index contributed by atoms with van der Waals surface area (Å²) in [6, 6.07) is 4.87. The summed E-state index contributed by atoms with van der Waals surface area (Å²) in [4.78, 5) is 53.0. The van der Waals surface area contributed by atoms with Gasteiger partial charge in [-0.25, -0.2) is 4.79 Å². The first-order valence-electron chi connectivity index (χ1n) is 9.01. The fraction of sp³-hybridized carbons (Fsp3) is 0.471. The van der Waals surface area contributed by atoms with E-state index in [1.54, 1.807) is 19.1 Å². The third-order valence-corrected chi connectivity index (χ3v) is 8.57. The molecule has 0 unspecified atom stereocenters. The Labute approximate surface area is 190 Å². The second-order valence-corrected chi connectivity index (χ2v) is 11.2. The maximum Gasteiger partial charge on any atom is 0.362 e. The van der Waals surface area contributed by atoms with Crippen LogP contribution >= 0.6 is 38.4 Å². The third-order valence-electron chi connectivity index (χ3n) is 4.41. The van der Waals surface area contributed by atoms with Crippen molar-refractivity contribution >= 4 is 56.1 Å². The smallest absolute Gasteiger partial charge is 0.362 e. The van der Waals surface area contributed by atoms with E-state index in [4.69, 9.17) is 33.7 Å². The number of ether oxygens (including phenoxy) is 1. The summed E-state index contributed by atoms with van der Waals surface area (Å²) in [6.07, 6.45) is 0.919. The Bertz CT molecular complexity index is 887. The van der Waals surface area contributed by atoms with Crippen LogP contribution in [0.1, 0.15) is 18.1 Å². The van der Waals surface area contributed by atoms with Crippen LogP contribution in [0.25, 0.3) is 6.08 Å². The summed E-state index contributed by atoms with van der Waals surface area (Å²) in [7, 11) is -11.5. The van der Waals surface area contributed by atoms with Crippen molar-refractivity contribution in [3.63, 3.8) is 0 Å². The first-order chi connectivity index (χ1) is 14.2. The van der Waals surface area contributed by atoms with Crippen LogP contribution in [0.15, 0.2) is 23.8 Å². The van der Waals surface area contributed by atoms with Crippen LogP contribution in [-0.2, 0) is 18.7 Å². The number of benzene rings is 1. The Morgan fingerprint density at radius 3 is 2.06 bits per heavy atom. The number of alkyl halides is 2. The zero-order valence-corrected chi connectivity index (χ0v) is 20.2. The molecule has 1 rings (SSSR count). The molecule has 1 aromatic rings. The minimum absolute atomic E-state index is 0.210. The fourth-order valence-corrected chi connectivity index (χ4v) is 5.46. The number of halogens is 2. The molecule has 0 heterocycles. The van der Waals surface area contributed by atoms with Gasteiger partial charge >= 0.3 is 21.2 Å². The molecule has 176 valence electrons. The highest BCUT2D eigenvalue weighted by molar-refractivity contribution is 7.72. The highest BCUT2D eigenvalue weighted by atomic mass is 35.5. The van der Waals surface area contributed by atoms with Crippen molar-refractivity contribution in [2.24, 2.45) is 5.73 Å². The zero-order chi connectivity index (χ0) is 24.0. The lowest BCUT2D eigenvalue weighted by Gasteiger charge is -2.32. The number of nitrogens with two attached hydrogens (primary N) is 1. The Hall–Kier alpha value is -0.930. The monoisotopic (exact) mass is 518 g/mol. The number of carbonyl (C=O) groups excluding carboxylic acids is 1. The van der Waals surface area contributed by atoms with Crippen LogP contribution in [0.4, 0.5) is 5.69 Å². The van der Waals surface area contributed by atoms with Crippen molar-refractivity contribution in [2.75, 3.05) is 36.4 Å². The number of esters is 1. The Kier molecular flexibility index (Phi) is 10.2. The van der Waals surface area contributed by atoms with Crippen molar-refractivity contribution < 1.29 is 38.2 Å². The molecule has 0 bridgehead atoms. The highest BCUT2D eigenvalue weighted by Gasteiger charge is 2.62. The van der Waals surface area contributed by atoms with Crippen LogP contribution in [-0.4, -0.2) is 62.0 Å². The molecule has 0 atom stereocenters. The van der Waals surface area contributed by atoms with Gasteiger partial charge in [0, 0.05) is 30.5 Å². The van der Waals surface area contributed by atoms with E-state index in [-0.39, 0.29) is 12.2 Å². The predicted molar refractivity (Wildman–Crippen MR) is 120 cm³/mol. The first-order valence-corrected chi connectivity index (χ1v) is 13.3. The van der Waals surface area contributed by atoms with Gasteiger partial charge in [-0.15, -0.1) is 23.2 Å². The maximum absolute atomic E-state index is 12.4. The number of rotatable bonds is 11. The third kappa shape index (κ3) is 6.54. The Balaban J connectivity index is 3.69. The summed E-state index contributed by atoms with van der Waals surface area (Å²) < 4.78 is 28.8. The molecule has 0 spiro atoms. The maximum atomic E-state index is 12.4. The Morgan fingerprint density at radius 1 is 1.16 bits per heavy atom. The molecule has 0 aromatic heterocycles. The summed E-state index contributed by atoms with van der Waals surface area (Å²) in [5, 5.41) is -3.58. The van der Waals surface area contributed by atoms with E-state index >= 15 is 0 Å². The second kappa shape index (κ2) is 11.3. The lowest BCUT2D eigenvalue weighted by Crippen LogP contribution is -2.44. The van der Waals surface area contributed by atoms with Crippen molar-refractivity contribution in [1.82, 2.24) is 0 Å². The molecule has 10 nitrogen and oxygen atoms in total. The van der Waals surface area contributed by atoms with E-state index in [0.29, 0.717) is 30.4 Å². The van der Waals surface area contributed by atoms with Crippen molar-refractivity contribution in [1.29, 1.82) is 0 Å². The van der Waals surface area contributed by atoms with Gasteiger partial charge in [-0.2, -0.15) is 0 Å². The van der Waals surface area contributed by atoms with Gasteiger partial charge in [-0.05, 0) is 43.2 Å². The van der Waals surface area contributed by atoms with Crippen molar-refractivity contribution in [3.05, 3.63) is 34.9 Å². The van der Waals surface area contributed by atoms with Crippen LogP contribution in [0, 0.1) is 6.92 Å². The lowest BCUT2D eigenvalue weighted by molar-refractivity contribution is -0.138. The predicted octanol–water partition coefficient (Wildman–Crippen LogP) is 2.19. The number of hydrogen-bond acceptors (Lipinski definition) is 6. The van der Waals surface area contributed by atoms with E-state index in [1.165, 1.54) is 13.0 Å². The molecule has 0 aliphatic carbocycles. The fourth-order valence-electron chi connectivity index (χ4n) is 2.76. The molecule has 0 fully saturated rings. The van der Waals surface area contributed by atoms with Gasteiger partial charge in [0.2, 0.25) is 0 Å². The molecule has 31 heavy (non-hydrogen) atoms. The standard InChI is InChI=1S/C17H26Cl2N2O8P2/c1-3-29-16(22)15(17(20,30(23,24)25)31(26,27)28)11-13-4-5-14(10-12(13)2)21(8-6-18)9-7-19/h4-5,10-11H,3,6-9,20H2,1-2H3,(H2,23,24,25)(H2,26,27,28)/b15-11+. The minimum Gasteiger partial charge on any atom is -0.463 e. The molecule has 0 saturated carbocycles. The van der Waals surface area contributed by atoms with Gasteiger partial charge in [0.25, 0.3) is 5.02 Å². The lowest BCUT2D eigenvalue weighted by atomic mass is 10.0. The summed E-state index contributed by atoms with van der Waals surface area (Å²) >= 11 is 11.6. The quantitative estimate of drug-likeness (QED) is 0.126. The molecule has 0 radical (unpaired) electrons. The van der Waals surface area contributed by atoms with Crippen LogP contribution in [0.3, 0.4) is 0 Å². The van der Waals surface area contributed by atoms with E-state index < -0.39 is 31.8 Å². The van der Waals surface area contributed by atoms with Crippen LogP contribution < -0.4 is 10.6 Å². The zero-order valence-electron chi connectivity index (χ0n) is 16.9. The Morgan fingerprint density at radius 2 is 1.68 bits per heavy atom. The normalized spacial score (nSPS) is 13.3. The summed E-state index contributed by atoms with van der Waals surface area (Å²) in [5.41, 5.74) is 6.05. The first kappa shape index (κ1) is 28.1. The van der Waals surface area contributed by atoms with E-state index in [0.717, 1.165) is 11.8 Å². The summed E-state index contributed by atoms with van der Waals surface area (Å²) in [5.74, 6) is -0.651. The molecular formula is C17H26Cl2N2O8P2. The van der Waals surface area contributed by atoms with Gasteiger partial charge in [0.1, 0.15) is 0 Å². The average Bonchev–Trinajstić information content (AvgIpc) is 2.64. The van der Waals surface area contributed by atoms with Crippen molar-refractivity contribution in [3.8, 4) is 0 Å². The van der Waals surface area contributed by atoms with E-state index in [1.807, 2.05) is 4.90 Å².